The summed E-state index contributed by atoms with van der Waals surface area (Å²) >= 11 is 0. The number of amides is 1. The van der Waals surface area contributed by atoms with E-state index in [4.69, 9.17) is 0 Å². The van der Waals surface area contributed by atoms with E-state index in [0.717, 1.165) is 25.5 Å². The molecule has 5 heteroatoms. The number of carbonyl (C=O) groups excluding carboxylic acids is 1. The highest BCUT2D eigenvalue weighted by Crippen LogP contribution is 2.23. The van der Waals surface area contributed by atoms with Crippen molar-refractivity contribution in [2.24, 2.45) is 5.92 Å². The van der Waals surface area contributed by atoms with Crippen LogP contribution < -0.4 is 15.5 Å². The van der Waals surface area contributed by atoms with E-state index in [0.29, 0.717) is 18.0 Å². The second-order valence-corrected chi connectivity index (χ2v) is 6.84. The highest BCUT2D eigenvalue weighted by Gasteiger charge is 2.25. The lowest BCUT2D eigenvalue weighted by atomic mass is 10.0. The number of pyridine rings is 1. The van der Waals surface area contributed by atoms with E-state index >= 15 is 0 Å². The van der Waals surface area contributed by atoms with Gasteiger partial charge in [-0.15, -0.1) is 0 Å². The molecule has 132 valence electrons. The van der Waals surface area contributed by atoms with Gasteiger partial charge in [0, 0.05) is 38.4 Å². The number of benzene rings is 1. The Hall–Kier alpha value is -2.40. The maximum Gasteiger partial charge on any atom is 0.255 e. The molecule has 0 unspecified atom stereocenters. The van der Waals surface area contributed by atoms with Crippen LogP contribution in [-0.4, -0.2) is 37.1 Å². The summed E-state index contributed by atoms with van der Waals surface area (Å²) in [6, 6.07) is 14.3. The second kappa shape index (κ2) is 8.12. The van der Waals surface area contributed by atoms with E-state index < -0.39 is 0 Å². The van der Waals surface area contributed by atoms with Gasteiger partial charge in [-0.2, -0.15) is 0 Å². The summed E-state index contributed by atoms with van der Waals surface area (Å²) in [4.78, 5) is 19.3. The molecule has 5 nitrogen and oxygen atoms in total. The van der Waals surface area contributed by atoms with Crippen LogP contribution in [0.5, 0.6) is 0 Å². The predicted molar refractivity (Wildman–Crippen MR) is 101 cm³/mol. The zero-order valence-corrected chi connectivity index (χ0v) is 14.9. The molecule has 25 heavy (non-hydrogen) atoms. The van der Waals surface area contributed by atoms with Crippen LogP contribution >= 0.6 is 0 Å². The monoisotopic (exact) mass is 338 g/mol. The Balaban J connectivity index is 1.78. The fourth-order valence-electron chi connectivity index (χ4n) is 3.07. The third-order valence-corrected chi connectivity index (χ3v) is 4.38. The molecule has 2 heterocycles. The molecule has 1 amide bonds. The molecule has 0 spiro atoms. The van der Waals surface area contributed by atoms with Gasteiger partial charge < -0.3 is 15.5 Å². The van der Waals surface area contributed by atoms with Crippen molar-refractivity contribution in [3.05, 3.63) is 59.8 Å². The third kappa shape index (κ3) is 4.37. The lowest BCUT2D eigenvalue weighted by Crippen LogP contribution is -2.47. The number of carbonyl (C=O) groups is 1. The minimum Gasteiger partial charge on any atom is -0.353 e. The minimum absolute atomic E-state index is 0.0495. The molecule has 2 N–H and O–H groups in total. The van der Waals surface area contributed by atoms with E-state index in [1.54, 1.807) is 6.20 Å². The summed E-state index contributed by atoms with van der Waals surface area (Å²) in [5.41, 5.74) is 1.91. The van der Waals surface area contributed by atoms with Crippen molar-refractivity contribution >= 4 is 11.7 Å². The minimum atomic E-state index is -0.0495. The molecular formula is C20H26N4O. The molecular weight excluding hydrogens is 312 g/mol. The van der Waals surface area contributed by atoms with Gasteiger partial charge in [-0.25, -0.2) is 4.98 Å². The maximum absolute atomic E-state index is 12.6. The van der Waals surface area contributed by atoms with Crippen LogP contribution in [0.25, 0.3) is 0 Å². The highest BCUT2D eigenvalue weighted by molar-refractivity contribution is 5.98. The van der Waals surface area contributed by atoms with E-state index in [9.17, 15) is 4.79 Å². The van der Waals surface area contributed by atoms with Crippen molar-refractivity contribution in [2.45, 2.75) is 19.9 Å². The smallest absolute Gasteiger partial charge is 0.255 e. The first-order valence-electron chi connectivity index (χ1n) is 8.91. The first-order chi connectivity index (χ1) is 12.1. The fourth-order valence-corrected chi connectivity index (χ4v) is 3.07. The van der Waals surface area contributed by atoms with Crippen LogP contribution in [0, 0.1) is 5.92 Å². The van der Waals surface area contributed by atoms with Gasteiger partial charge in [0.15, 0.2) is 0 Å². The highest BCUT2D eigenvalue weighted by atomic mass is 16.1. The first kappa shape index (κ1) is 17.4. The molecule has 1 saturated heterocycles. The molecule has 0 aliphatic carbocycles. The van der Waals surface area contributed by atoms with Gasteiger partial charge in [-0.3, -0.25) is 4.79 Å². The average molecular weight is 338 g/mol. The third-order valence-electron chi connectivity index (χ3n) is 4.38. The van der Waals surface area contributed by atoms with Crippen LogP contribution in [0.15, 0.2) is 48.7 Å². The van der Waals surface area contributed by atoms with Gasteiger partial charge in [-0.1, -0.05) is 44.2 Å². The molecule has 0 radical (unpaired) electrons. The van der Waals surface area contributed by atoms with E-state index in [-0.39, 0.29) is 11.9 Å². The average Bonchev–Trinajstić information content (AvgIpc) is 2.67. The Labute approximate surface area is 149 Å². The molecule has 1 fully saturated rings. The molecule has 1 atom stereocenters. The fraction of sp³-hybridized carbons (Fsp3) is 0.400. The molecule has 0 bridgehead atoms. The van der Waals surface area contributed by atoms with Gasteiger partial charge in [0.25, 0.3) is 5.91 Å². The number of nitrogens with one attached hydrogen (secondary N) is 2. The van der Waals surface area contributed by atoms with Crippen LogP contribution in [0.1, 0.15) is 35.8 Å². The molecule has 1 aliphatic heterocycles. The Bertz CT molecular complexity index is 702. The van der Waals surface area contributed by atoms with Crippen molar-refractivity contribution in [1.82, 2.24) is 15.6 Å². The molecule has 3 rings (SSSR count). The standard InChI is InChI=1S/C20H26N4O/c1-15(2)13-23-20(25)17-9-6-10-22-19(17)24-12-11-21-18(14-24)16-7-4-3-5-8-16/h3-10,15,18,21H,11-14H2,1-2H3,(H,23,25)/t18-/m1/s1. The number of hydrogen-bond donors (Lipinski definition) is 2. The zero-order chi connectivity index (χ0) is 17.6. The van der Waals surface area contributed by atoms with E-state index in [2.05, 4.69) is 58.6 Å². The normalized spacial score (nSPS) is 17.6. The molecule has 1 aliphatic rings. The first-order valence-corrected chi connectivity index (χ1v) is 8.91. The van der Waals surface area contributed by atoms with Crippen LogP contribution in [0.2, 0.25) is 0 Å². The Kier molecular flexibility index (Phi) is 5.66. The number of hydrogen-bond acceptors (Lipinski definition) is 4. The van der Waals surface area contributed by atoms with Crippen molar-refractivity contribution in [3.8, 4) is 0 Å². The van der Waals surface area contributed by atoms with Crippen molar-refractivity contribution < 1.29 is 4.79 Å². The van der Waals surface area contributed by atoms with Crippen LogP contribution in [-0.2, 0) is 0 Å². The largest absolute Gasteiger partial charge is 0.353 e. The SMILES string of the molecule is CC(C)CNC(=O)c1cccnc1N1CCN[C@@H](c2ccccc2)C1. The number of rotatable bonds is 5. The van der Waals surface area contributed by atoms with Gasteiger partial charge in [0.1, 0.15) is 5.82 Å². The van der Waals surface area contributed by atoms with Crippen molar-refractivity contribution in [3.63, 3.8) is 0 Å². The second-order valence-electron chi connectivity index (χ2n) is 6.84. The maximum atomic E-state index is 12.6. The van der Waals surface area contributed by atoms with Crippen LogP contribution in [0.4, 0.5) is 5.82 Å². The number of piperazine rings is 1. The van der Waals surface area contributed by atoms with Crippen molar-refractivity contribution in [1.29, 1.82) is 0 Å². The molecule has 1 aromatic heterocycles. The van der Waals surface area contributed by atoms with E-state index in [1.165, 1.54) is 5.56 Å². The molecule has 1 aromatic carbocycles. The summed E-state index contributed by atoms with van der Waals surface area (Å²) in [7, 11) is 0. The Morgan fingerprint density at radius 2 is 2.08 bits per heavy atom. The summed E-state index contributed by atoms with van der Waals surface area (Å²) in [6.07, 6.45) is 1.76. The number of anilines is 1. The van der Waals surface area contributed by atoms with Crippen molar-refractivity contribution in [2.75, 3.05) is 31.1 Å². The Morgan fingerprint density at radius 1 is 1.28 bits per heavy atom. The Morgan fingerprint density at radius 3 is 2.84 bits per heavy atom. The lowest BCUT2D eigenvalue weighted by Gasteiger charge is -2.35. The predicted octanol–water partition coefficient (Wildman–Crippen LogP) is 2.62. The summed E-state index contributed by atoms with van der Waals surface area (Å²) < 4.78 is 0. The van der Waals surface area contributed by atoms with Gasteiger partial charge in [0.05, 0.1) is 5.56 Å². The molecule has 2 aromatic rings. The molecule has 0 saturated carbocycles. The van der Waals surface area contributed by atoms with Gasteiger partial charge in [-0.05, 0) is 23.6 Å². The van der Waals surface area contributed by atoms with Gasteiger partial charge in [0.2, 0.25) is 0 Å². The topological polar surface area (TPSA) is 57.3 Å². The number of aromatic nitrogens is 1. The van der Waals surface area contributed by atoms with Crippen LogP contribution in [0.3, 0.4) is 0 Å². The lowest BCUT2D eigenvalue weighted by molar-refractivity contribution is 0.0949. The summed E-state index contributed by atoms with van der Waals surface area (Å²) in [6.45, 7) is 7.34. The number of nitrogens with zero attached hydrogens (tertiary/aromatic N) is 2. The summed E-state index contributed by atoms with van der Waals surface area (Å²) in [5.74, 6) is 1.14. The quantitative estimate of drug-likeness (QED) is 0.880. The van der Waals surface area contributed by atoms with Gasteiger partial charge >= 0.3 is 0 Å². The summed E-state index contributed by atoms with van der Waals surface area (Å²) in [5, 5.41) is 6.55. The zero-order valence-electron chi connectivity index (χ0n) is 14.9. The van der Waals surface area contributed by atoms with E-state index in [1.807, 2.05) is 18.2 Å².